The van der Waals surface area contributed by atoms with Crippen LogP contribution in [0.15, 0.2) is 46.6 Å². The molecule has 38 heavy (non-hydrogen) atoms. The zero-order valence-corrected chi connectivity index (χ0v) is 25.1. The van der Waals surface area contributed by atoms with E-state index in [0.29, 0.717) is 12.0 Å². The van der Waals surface area contributed by atoms with Crippen LogP contribution in [0.4, 0.5) is 4.39 Å². The molecule has 1 aliphatic heterocycles. The summed E-state index contributed by atoms with van der Waals surface area (Å²) >= 11 is 5.55. The molecule has 0 saturated carbocycles. The zero-order chi connectivity index (χ0) is 29.7. The minimum atomic E-state index is -1.50. The van der Waals surface area contributed by atoms with Crippen molar-refractivity contribution in [3.63, 3.8) is 0 Å². The Balaban J connectivity index is 0. The third-order valence-electron chi connectivity index (χ3n) is 4.88. The number of carbonyl (C=O) groups is 1. The standard InChI is InChI=1S/C12H12ClFO2.C12H21N.C4H6.C3H8O2/c1-7-2-5-11(16-7)12(15)8-3-4-9(13)10(14)6-8;1-5-8-9-10-12(6-2)11(4)13-7-3;1-3-4-2;1-3(2,4)5/h3-4,6-7,11H,2,5H2,1H3;7,9-10H,5-6,8H2,1-4H3;1H,4H2,2H3;4-5H,1-2H3/b;10-9-,12-11+,13-7?;;. The van der Waals surface area contributed by atoms with Crippen molar-refractivity contribution < 1.29 is 24.1 Å². The van der Waals surface area contributed by atoms with Gasteiger partial charge in [0, 0.05) is 23.9 Å². The Kier molecular flexibility index (Phi) is 21.5. The van der Waals surface area contributed by atoms with E-state index in [2.05, 4.69) is 43.8 Å². The highest BCUT2D eigenvalue weighted by Crippen LogP contribution is 2.24. The van der Waals surface area contributed by atoms with Crippen molar-refractivity contribution in [1.82, 2.24) is 0 Å². The molecule has 2 atom stereocenters. The lowest BCUT2D eigenvalue weighted by Gasteiger charge is -2.10. The molecule has 2 rings (SSSR count). The fourth-order valence-electron chi connectivity index (χ4n) is 2.99. The smallest absolute Gasteiger partial charge is 0.191 e. The van der Waals surface area contributed by atoms with E-state index in [0.717, 1.165) is 37.4 Å². The normalized spacial score (nSPS) is 17.3. The molecule has 1 aromatic rings. The molecule has 214 valence electrons. The Morgan fingerprint density at radius 2 is 1.87 bits per heavy atom. The molecular formula is C31H47ClFNO4. The van der Waals surface area contributed by atoms with E-state index in [1.165, 1.54) is 38.0 Å². The average molecular weight is 552 g/mol. The van der Waals surface area contributed by atoms with Crippen LogP contribution in [0, 0.1) is 18.2 Å². The van der Waals surface area contributed by atoms with Gasteiger partial charge >= 0.3 is 0 Å². The third-order valence-corrected chi connectivity index (χ3v) is 5.18. The van der Waals surface area contributed by atoms with Crippen molar-refractivity contribution in [1.29, 1.82) is 0 Å². The summed E-state index contributed by atoms with van der Waals surface area (Å²) < 4.78 is 18.6. The van der Waals surface area contributed by atoms with Crippen molar-refractivity contribution in [2.75, 3.05) is 0 Å². The van der Waals surface area contributed by atoms with Gasteiger partial charge in [0.25, 0.3) is 0 Å². The first-order valence-electron chi connectivity index (χ1n) is 13.1. The van der Waals surface area contributed by atoms with Crippen LogP contribution in [-0.4, -0.2) is 40.2 Å². The summed E-state index contributed by atoms with van der Waals surface area (Å²) in [6.45, 7) is 14.8. The van der Waals surface area contributed by atoms with Gasteiger partial charge in [0.1, 0.15) is 11.9 Å². The predicted octanol–water partition coefficient (Wildman–Crippen LogP) is 8.08. The molecule has 1 heterocycles. The molecule has 2 N–H and O–H groups in total. The number of hydrogen-bond donors (Lipinski definition) is 2. The highest BCUT2D eigenvalue weighted by molar-refractivity contribution is 6.30. The topological polar surface area (TPSA) is 79.1 Å². The second-order valence-corrected chi connectivity index (χ2v) is 9.51. The predicted molar refractivity (Wildman–Crippen MR) is 158 cm³/mol. The molecule has 1 fully saturated rings. The quantitative estimate of drug-likeness (QED) is 0.118. The van der Waals surface area contributed by atoms with Gasteiger partial charge in [-0.3, -0.25) is 9.79 Å². The van der Waals surface area contributed by atoms with E-state index < -0.39 is 17.7 Å². The summed E-state index contributed by atoms with van der Waals surface area (Å²) in [5, 5.41) is 16.2. The number of allylic oxidation sites excluding steroid dienone is 4. The molecule has 0 amide bonds. The molecule has 1 aromatic carbocycles. The van der Waals surface area contributed by atoms with Gasteiger partial charge in [-0.05, 0) is 84.1 Å². The van der Waals surface area contributed by atoms with Crippen LogP contribution in [-0.2, 0) is 4.74 Å². The molecule has 7 heteroatoms. The number of ether oxygens (including phenoxy) is 1. The van der Waals surface area contributed by atoms with E-state index in [4.69, 9.17) is 33.0 Å². The number of carbonyl (C=O) groups excluding carboxylic acids is 1. The van der Waals surface area contributed by atoms with Gasteiger partial charge in [0.2, 0.25) is 0 Å². The number of ketones is 1. The van der Waals surface area contributed by atoms with Crippen molar-refractivity contribution in [2.45, 2.75) is 112 Å². The monoisotopic (exact) mass is 551 g/mol. The molecule has 5 nitrogen and oxygen atoms in total. The number of halogens is 2. The fourth-order valence-corrected chi connectivity index (χ4v) is 3.11. The largest absolute Gasteiger partial charge is 0.367 e. The Morgan fingerprint density at radius 1 is 1.29 bits per heavy atom. The van der Waals surface area contributed by atoms with Crippen molar-refractivity contribution in [3.05, 3.63) is 58.0 Å². The Hall–Kier alpha value is -2.30. The molecule has 0 spiro atoms. The Bertz CT molecular complexity index is 936. The van der Waals surface area contributed by atoms with Gasteiger partial charge in [-0.2, -0.15) is 0 Å². The molecule has 0 aromatic heterocycles. The molecule has 0 bridgehead atoms. The second kappa shape index (κ2) is 21.6. The van der Waals surface area contributed by atoms with Crippen LogP contribution < -0.4 is 0 Å². The number of aliphatic hydroxyl groups is 2. The van der Waals surface area contributed by atoms with Crippen LogP contribution in [0.25, 0.3) is 0 Å². The molecular weight excluding hydrogens is 505 g/mol. The summed E-state index contributed by atoms with van der Waals surface area (Å²) in [4.78, 5) is 16.2. The van der Waals surface area contributed by atoms with E-state index in [9.17, 15) is 9.18 Å². The van der Waals surface area contributed by atoms with Gasteiger partial charge in [-0.1, -0.05) is 50.9 Å². The minimum Gasteiger partial charge on any atom is -0.367 e. The number of terminal acetylenes is 1. The molecule has 2 unspecified atom stereocenters. The lowest BCUT2D eigenvalue weighted by molar-refractivity contribution is -0.127. The maximum atomic E-state index is 13.2. The highest BCUT2D eigenvalue weighted by Gasteiger charge is 2.29. The lowest BCUT2D eigenvalue weighted by Crippen LogP contribution is -2.20. The zero-order valence-electron chi connectivity index (χ0n) is 24.4. The van der Waals surface area contributed by atoms with Crippen LogP contribution in [0.1, 0.15) is 104 Å². The second-order valence-electron chi connectivity index (χ2n) is 9.10. The van der Waals surface area contributed by atoms with Crippen LogP contribution in [0.2, 0.25) is 5.02 Å². The van der Waals surface area contributed by atoms with Crippen molar-refractivity contribution in [3.8, 4) is 12.3 Å². The van der Waals surface area contributed by atoms with Gasteiger partial charge < -0.3 is 14.9 Å². The Labute approximate surface area is 234 Å². The first-order chi connectivity index (χ1) is 17.7. The SMILES string of the molecule is C#CCC.CC(C)(O)O.CC1CCC(C(=O)c2ccc(Cl)c(F)c2)O1.CC=N/C(C)=C(/C=C\CCC)CC. The Morgan fingerprint density at radius 3 is 2.26 bits per heavy atom. The molecule has 1 saturated heterocycles. The van der Waals surface area contributed by atoms with E-state index in [-0.39, 0.29) is 16.9 Å². The summed E-state index contributed by atoms with van der Waals surface area (Å²) in [5.41, 5.74) is 2.80. The molecule has 0 radical (unpaired) electrons. The van der Waals surface area contributed by atoms with E-state index >= 15 is 0 Å². The van der Waals surface area contributed by atoms with Crippen LogP contribution in [0.5, 0.6) is 0 Å². The summed E-state index contributed by atoms with van der Waals surface area (Å²) in [6, 6.07) is 4.08. The number of rotatable bonds is 7. The van der Waals surface area contributed by atoms with Crippen molar-refractivity contribution >= 4 is 23.6 Å². The van der Waals surface area contributed by atoms with Crippen LogP contribution in [0.3, 0.4) is 0 Å². The molecule has 1 aliphatic rings. The van der Waals surface area contributed by atoms with E-state index in [1.54, 1.807) is 0 Å². The number of aliphatic imine (C=N–C) groups is 1. The van der Waals surface area contributed by atoms with Gasteiger partial charge in [-0.25, -0.2) is 4.39 Å². The number of nitrogens with zero attached hydrogens (tertiary/aromatic N) is 1. The summed E-state index contributed by atoms with van der Waals surface area (Å²) in [5.74, 6) is 0.193. The maximum Gasteiger partial charge on any atom is 0.191 e. The maximum absolute atomic E-state index is 13.2. The summed E-state index contributed by atoms with van der Waals surface area (Å²) in [7, 11) is 0. The summed E-state index contributed by atoms with van der Waals surface area (Å²) in [6.07, 6.45) is 16.6. The van der Waals surface area contributed by atoms with Gasteiger partial charge in [0.05, 0.1) is 11.1 Å². The third kappa shape index (κ3) is 19.8. The number of Topliss-reactive ketones (excluding diaryl/α,β-unsaturated/α-hetero) is 1. The average Bonchev–Trinajstić information content (AvgIpc) is 3.29. The minimum absolute atomic E-state index is 0.0252. The highest BCUT2D eigenvalue weighted by atomic mass is 35.5. The lowest BCUT2D eigenvalue weighted by atomic mass is 10.0. The first kappa shape index (κ1) is 37.9. The van der Waals surface area contributed by atoms with Gasteiger partial charge in [0.15, 0.2) is 11.6 Å². The van der Waals surface area contributed by atoms with Crippen LogP contribution >= 0.6 is 11.6 Å². The number of benzene rings is 1. The first-order valence-corrected chi connectivity index (χ1v) is 13.5. The molecule has 0 aliphatic carbocycles. The van der Waals surface area contributed by atoms with Crippen molar-refractivity contribution in [2.24, 2.45) is 4.99 Å². The number of hydrogen-bond acceptors (Lipinski definition) is 5. The fraction of sp³-hybridized carbons (Fsp3) is 0.548. The van der Waals surface area contributed by atoms with E-state index in [1.807, 2.05) is 27.0 Å². The number of unbranched alkanes of at least 4 members (excludes halogenated alkanes) is 1. The van der Waals surface area contributed by atoms with Gasteiger partial charge in [-0.15, -0.1) is 12.3 Å².